The van der Waals surface area contributed by atoms with Crippen molar-refractivity contribution in [1.29, 1.82) is 0 Å². The normalized spacial score (nSPS) is 12.1. The summed E-state index contributed by atoms with van der Waals surface area (Å²) in [5.41, 5.74) is 0. The molecule has 0 aromatic carbocycles. The lowest BCUT2D eigenvalue weighted by molar-refractivity contribution is -0.167. The molecule has 0 bridgehead atoms. The third kappa shape index (κ3) is 45.0. The van der Waals surface area contributed by atoms with E-state index in [4.69, 9.17) is 14.2 Å². The van der Waals surface area contributed by atoms with Crippen molar-refractivity contribution >= 4 is 17.9 Å². The Labute approximate surface area is 360 Å². The monoisotopic (exact) mass is 817 g/mol. The van der Waals surface area contributed by atoms with Crippen molar-refractivity contribution < 1.29 is 28.6 Å². The largest absolute Gasteiger partial charge is 0.462 e. The van der Waals surface area contributed by atoms with Gasteiger partial charge in [0.05, 0.1) is 0 Å². The van der Waals surface area contributed by atoms with Gasteiger partial charge in [-0.1, -0.05) is 231 Å². The van der Waals surface area contributed by atoms with Crippen LogP contribution in [0.5, 0.6) is 0 Å². The lowest BCUT2D eigenvalue weighted by atomic mass is 10.0. The average molecular weight is 817 g/mol. The Hall–Kier alpha value is -2.11. The van der Waals surface area contributed by atoms with E-state index in [0.717, 1.165) is 96.3 Å². The summed E-state index contributed by atoms with van der Waals surface area (Å²) < 4.78 is 16.6. The summed E-state index contributed by atoms with van der Waals surface area (Å²) in [4.78, 5) is 37.6. The molecule has 0 fully saturated rings. The van der Waals surface area contributed by atoms with Gasteiger partial charge in [-0.2, -0.15) is 0 Å². The van der Waals surface area contributed by atoms with Crippen LogP contribution in [0.15, 0.2) is 24.3 Å². The number of esters is 3. The van der Waals surface area contributed by atoms with E-state index in [1.807, 2.05) is 0 Å². The number of carbonyl (C=O) groups is 3. The summed E-state index contributed by atoms with van der Waals surface area (Å²) >= 11 is 0. The molecule has 0 heterocycles. The molecule has 0 aliphatic carbocycles. The molecule has 0 aliphatic heterocycles. The highest BCUT2D eigenvalue weighted by molar-refractivity contribution is 5.71. The number of hydrogen-bond donors (Lipinski definition) is 0. The minimum atomic E-state index is -0.770. The number of ether oxygens (including phenoxy) is 3. The summed E-state index contributed by atoms with van der Waals surface area (Å²) in [5, 5.41) is 0. The predicted octanol–water partition coefficient (Wildman–Crippen LogP) is 16.4. The van der Waals surface area contributed by atoms with Crippen molar-refractivity contribution in [1.82, 2.24) is 0 Å². The lowest BCUT2D eigenvalue weighted by Gasteiger charge is -2.18. The molecule has 0 N–H and O–H groups in total. The fourth-order valence-electron chi connectivity index (χ4n) is 7.36. The molecular weight excluding hydrogens is 721 g/mol. The Morgan fingerprint density at radius 2 is 0.655 bits per heavy atom. The molecule has 0 radical (unpaired) electrons. The van der Waals surface area contributed by atoms with Crippen molar-refractivity contribution in [3.63, 3.8) is 0 Å². The van der Waals surface area contributed by atoms with E-state index < -0.39 is 6.10 Å². The fraction of sp³-hybridized carbons (Fsp3) is 0.865. The van der Waals surface area contributed by atoms with Crippen LogP contribution in [0.1, 0.15) is 271 Å². The number of unbranched alkanes of at least 4 members (excludes halogenated alkanes) is 31. The second-order valence-electron chi connectivity index (χ2n) is 17.1. The van der Waals surface area contributed by atoms with Gasteiger partial charge in [0.25, 0.3) is 0 Å². The zero-order valence-electron chi connectivity index (χ0n) is 38.8. The first-order chi connectivity index (χ1) is 28.5. The van der Waals surface area contributed by atoms with Crippen LogP contribution in [0.4, 0.5) is 0 Å². The van der Waals surface area contributed by atoms with E-state index in [0.29, 0.717) is 19.3 Å². The van der Waals surface area contributed by atoms with Crippen LogP contribution in [0.2, 0.25) is 0 Å². The number of allylic oxidation sites excluding steroid dienone is 4. The first kappa shape index (κ1) is 55.9. The van der Waals surface area contributed by atoms with Crippen molar-refractivity contribution in [2.24, 2.45) is 0 Å². The van der Waals surface area contributed by atoms with E-state index in [2.05, 4.69) is 45.1 Å². The Morgan fingerprint density at radius 1 is 0.345 bits per heavy atom. The number of hydrogen-bond acceptors (Lipinski definition) is 6. The Morgan fingerprint density at radius 3 is 1.02 bits per heavy atom. The van der Waals surface area contributed by atoms with Crippen LogP contribution in [0, 0.1) is 0 Å². The molecule has 0 amide bonds. The highest BCUT2D eigenvalue weighted by atomic mass is 16.6. The van der Waals surface area contributed by atoms with Crippen LogP contribution in [0.25, 0.3) is 0 Å². The summed E-state index contributed by atoms with van der Waals surface area (Å²) in [5.74, 6) is -0.893. The molecule has 0 aliphatic rings. The van der Waals surface area contributed by atoms with Gasteiger partial charge >= 0.3 is 17.9 Å². The quantitative estimate of drug-likeness (QED) is 0.0263. The van der Waals surface area contributed by atoms with Crippen LogP contribution in [-0.2, 0) is 28.6 Å². The third-order valence-corrected chi connectivity index (χ3v) is 11.2. The van der Waals surface area contributed by atoms with Gasteiger partial charge in [0.2, 0.25) is 0 Å². The highest BCUT2D eigenvalue weighted by Gasteiger charge is 2.19. The molecule has 0 saturated carbocycles. The average Bonchev–Trinajstić information content (AvgIpc) is 3.22. The van der Waals surface area contributed by atoms with Gasteiger partial charge in [-0.3, -0.25) is 14.4 Å². The standard InChI is InChI=1S/C52H96O6/c1-4-7-10-13-15-17-19-21-22-23-24-25-26-27-28-29-31-32-34-36-39-42-45-51(54)57-48-49(47-56-50(53)44-41-38-12-9-6-3)58-52(55)46-43-40-37-35-33-30-20-18-16-14-11-8-5-2/h11,14,18,20,49H,4-10,12-13,15-17,19,21-48H2,1-3H3/b14-11-,20-18-. The molecule has 6 nitrogen and oxygen atoms in total. The van der Waals surface area contributed by atoms with Crippen molar-refractivity contribution in [2.75, 3.05) is 13.2 Å². The van der Waals surface area contributed by atoms with Crippen LogP contribution in [0.3, 0.4) is 0 Å². The maximum Gasteiger partial charge on any atom is 0.306 e. The SMILES string of the molecule is CCC/C=C\C/C=C\CCCCCCCC(=O)OC(COC(=O)CCCCCCC)COC(=O)CCCCCCCCCCCCCCCCCCCCCCCC. The molecule has 6 heteroatoms. The fourth-order valence-corrected chi connectivity index (χ4v) is 7.36. The summed E-state index contributed by atoms with van der Waals surface area (Å²) in [7, 11) is 0. The molecule has 58 heavy (non-hydrogen) atoms. The zero-order chi connectivity index (χ0) is 42.3. The minimum Gasteiger partial charge on any atom is -0.462 e. The third-order valence-electron chi connectivity index (χ3n) is 11.2. The minimum absolute atomic E-state index is 0.0738. The maximum absolute atomic E-state index is 12.7. The van der Waals surface area contributed by atoms with E-state index in [-0.39, 0.29) is 31.1 Å². The molecule has 340 valence electrons. The summed E-state index contributed by atoms with van der Waals surface area (Å²) in [6.07, 6.45) is 53.5. The molecule has 0 aromatic heterocycles. The van der Waals surface area contributed by atoms with Gasteiger partial charge in [0.1, 0.15) is 13.2 Å². The van der Waals surface area contributed by atoms with Crippen molar-refractivity contribution in [3.8, 4) is 0 Å². The van der Waals surface area contributed by atoms with Crippen molar-refractivity contribution in [3.05, 3.63) is 24.3 Å². The summed E-state index contributed by atoms with van der Waals surface area (Å²) in [6.45, 7) is 6.50. The second-order valence-corrected chi connectivity index (χ2v) is 17.1. The van der Waals surface area contributed by atoms with Gasteiger partial charge in [-0.15, -0.1) is 0 Å². The number of carbonyl (C=O) groups excluding carboxylic acids is 3. The first-order valence-electron chi connectivity index (χ1n) is 25.3. The first-order valence-corrected chi connectivity index (χ1v) is 25.3. The van der Waals surface area contributed by atoms with Crippen LogP contribution >= 0.6 is 0 Å². The molecule has 1 unspecified atom stereocenters. The van der Waals surface area contributed by atoms with Gasteiger partial charge < -0.3 is 14.2 Å². The molecule has 0 aromatic rings. The molecular formula is C52H96O6. The van der Waals surface area contributed by atoms with Crippen LogP contribution < -0.4 is 0 Å². The van der Waals surface area contributed by atoms with Gasteiger partial charge in [-0.05, 0) is 44.9 Å². The zero-order valence-corrected chi connectivity index (χ0v) is 38.8. The number of rotatable bonds is 46. The Kier molecular flexibility index (Phi) is 45.8. The smallest absolute Gasteiger partial charge is 0.306 e. The lowest BCUT2D eigenvalue weighted by Crippen LogP contribution is -2.30. The van der Waals surface area contributed by atoms with Gasteiger partial charge in [0.15, 0.2) is 6.10 Å². The van der Waals surface area contributed by atoms with E-state index in [9.17, 15) is 14.4 Å². The van der Waals surface area contributed by atoms with E-state index in [1.54, 1.807) is 0 Å². The molecule has 0 rings (SSSR count). The van der Waals surface area contributed by atoms with Crippen molar-refractivity contribution in [2.45, 2.75) is 277 Å². The highest BCUT2D eigenvalue weighted by Crippen LogP contribution is 2.16. The van der Waals surface area contributed by atoms with Gasteiger partial charge in [-0.25, -0.2) is 0 Å². The predicted molar refractivity (Wildman–Crippen MR) is 247 cm³/mol. The molecule has 0 spiro atoms. The topological polar surface area (TPSA) is 78.9 Å². The van der Waals surface area contributed by atoms with E-state index >= 15 is 0 Å². The Bertz CT molecular complexity index is 942. The van der Waals surface area contributed by atoms with Gasteiger partial charge in [0, 0.05) is 19.3 Å². The molecule has 0 saturated heterocycles. The maximum atomic E-state index is 12.7. The second kappa shape index (κ2) is 47.6. The van der Waals surface area contributed by atoms with E-state index in [1.165, 1.54) is 135 Å². The Balaban J connectivity index is 4.06. The molecule has 1 atom stereocenters. The van der Waals surface area contributed by atoms with Crippen LogP contribution in [-0.4, -0.2) is 37.2 Å². The summed E-state index contributed by atoms with van der Waals surface area (Å²) in [6, 6.07) is 0.